The molecule has 5 rings (SSSR count). The topological polar surface area (TPSA) is 81.8 Å². The third-order valence-corrected chi connectivity index (χ3v) is 6.90. The van der Waals surface area contributed by atoms with E-state index in [1.54, 1.807) is 6.07 Å². The molecule has 0 radical (unpaired) electrons. The van der Waals surface area contributed by atoms with Crippen molar-refractivity contribution in [1.29, 1.82) is 0 Å². The molecule has 8 heteroatoms. The number of imide groups is 1. The fourth-order valence-electron chi connectivity index (χ4n) is 4.55. The second kappa shape index (κ2) is 7.66. The Hall–Kier alpha value is -2.90. The summed E-state index contributed by atoms with van der Waals surface area (Å²) in [6.45, 7) is 1.36. The average Bonchev–Trinajstić information content (AvgIpc) is 2.74. The van der Waals surface area contributed by atoms with Gasteiger partial charge in [-0.3, -0.25) is 19.8 Å². The number of benzene rings is 2. The summed E-state index contributed by atoms with van der Waals surface area (Å²) in [5.41, 5.74) is 3.20. The van der Waals surface area contributed by atoms with Crippen molar-refractivity contribution < 1.29 is 14.4 Å². The summed E-state index contributed by atoms with van der Waals surface area (Å²) >= 11 is 6.67. The molecule has 0 unspecified atom stereocenters. The number of carbonyl (C=O) groups is 3. The fraction of sp³-hybridized carbons (Fsp3) is 0.348. The van der Waals surface area contributed by atoms with Crippen LogP contribution in [-0.2, 0) is 9.59 Å². The maximum Gasteiger partial charge on any atom is 0.328 e. The Balaban J connectivity index is 1.40. The molecular formula is C23H23ClN4O3. The first-order valence-electron chi connectivity index (χ1n) is 10.5. The average molecular weight is 439 g/mol. The van der Waals surface area contributed by atoms with E-state index in [4.69, 9.17) is 11.6 Å². The van der Waals surface area contributed by atoms with Crippen molar-refractivity contribution in [2.24, 2.45) is 0 Å². The third-order valence-electron chi connectivity index (χ3n) is 6.50. The highest BCUT2D eigenvalue weighted by molar-refractivity contribution is 6.36. The van der Waals surface area contributed by atoms with Crippen LogP contribution in [0.4, 0.5) is 16.2 Å². The predicted octanol–water partition coefficient (Wildman–Crippen LogP) is 3.31. The van der Waals surface area contributed by atoms with Gasteiger partial charge in [0.2, 0.25) is 11.8 Å². The van der Waals surface area contributed by atoms with Crippen LogP contribution in [0.2, 0.25) is 5.02 Å². The van der Waals surface area contributed by atoms with E-state index in [1.165, 1.54) is 11.3 Å². The van der Waals surface area contributed by atoms with Crippen molar-refractivity contribution in [3.63, 3.8) is 0 Å². The lowest BCUT2D eigenvalue weighted by Crippen LogP contribution is -2.66. The summed E-state index contributed by atoms with van der Waals surface area (Å²) in [4.78, 5) is 39.5. The van der Waals surface area contributed by atoms with Gasteiger partial charge >= 0.3 is 6.03 Å². The molecule has 3 fully saturated rings. The Labute approximate surface area is 185 Å². The zero-order valence-corrected chi connectivity index (χ0v) is 17.7. The first-order valence-corrected chi connectivity index (χ1v) is 10.9. The summed E-state index contributed by atoms with van der Waals surface area (Å²) in [6.07, 6.45) is 3.65. The van der Waals surface area contributed by atoms with E-state index in [0.717, 1.165) is 29.7 Å². The Kier molecular flexibility index (Phi) is 4.95. The van der Waals surface area contributed by atoms with E-state index in [2.05, 4.69) is 10.6 Å². The number of halogens is 1. The smallest absolute Gasteiger partial charge is 0.309 e. The summed E-state index contributed by atoms with van der Waals surface area (Å²) in [5, 5.41) is 6.18. The van der Waals surface area contributed by atoms with Gasteiger partial charge in [-0.25, -0.2) is 4.79 Å². The zero-order chi connectivity index (χ0) is 21.6. The van der Waals surface area contributed by atoms with Crippen LogP contribution < -0.4 is 20.4 Å². The molecular weight excluding hydrogens is 416 g/mol. The molecule has 4 amide bonds. The van der Waals surface area contributed by atoms with Gasteiger partial charge in [-0.2, -0.15) is 0 Å². The molecule has 0 bridgehead atoms. The Morgan fingerprint density at radius 2 is 1.74 bits per heavy atom. The number of carbonyl (C=O) groups excluding carboxylic acids is 3. The summed E-state index contributed by atoms with van der Waals surface area (Å²) in [6, 6.07) is 12.8. The molecule has 0 atom stereocenters. The van der Waals surface area contributed by atoms with Crippen molar-refractivity contribution in [2.45, 2.75) is 31.2 Å². The molecule has 2 N–H and O–H groups in total. The first-order chi connectivity index (χ1) is 15.0. The van der Waals surface area contributed by atoms with Crippen molar-refractivity contribution in [1.82, 2.24) is 10.6 Å². The molecule has 2 aromatic carbocycles. The molecule has 1 saturated carbocycles. The van der Waals surface area contributed by atoms with E-state index in [-0.39, 0.29) is 23.8 Å². The molecule has 0 aromatic heterocycles. The highest BCUT2D eigenvalue weighted by atomic mass is 35.5. The summed E-state index contributed by atoms with van der Waals surface area (Å²) < 4.78 is 0. The van der Waals surface area contributed by atoms with Crippen LogP contribution in [0, 0.1) is 0 Å². The van der Waals surface area contributed by atoms with Gasteiger partial charge in [0.25, 0.3) is 0 Å². The maximum absolute atomic E-state index is 12.5. The van der Waals surface area contributed by atoms with E-state index in [9.17, 15) is 14.4 Å². The SMILES string of the molecule is O=C1CCN(c2cccc(-c3ccc(N4CC5(CCC5)NCC4=O)cc3)c2Cl)C(=O)N1. The molecule has 2 saturated heterocycles. The Morgan fingerprint density at radius 1 is 0.968 bits per heavy atom. The number of nitrogens with zero attached hydrogens (tertiary/aromatic N) is 2. The number of rotatable bonds is 3. The van der Waals surface area contributed by atoms with Gasteiger partial charge in [0.1, 0.15) is 0 Å². The van der Waals surface area contributed by atoms with E-state index in [1.807, 2.05) is 41.3 Å². The van der Waals surface area contributed by atoms with Crippen LogP contribution in [-0.4, -0.2) is 43.0 Å². The van der Waals surface area contributed by atoms with E-state index < -0.39 is 6.03 Å². The van der Waals surface area contributed by atoms with Crippen molar-refractivity contribution >= 4 is 40.8 Å². The van der Waals surface area contributed by atoms with Crippen LogP contribution in [0.5, 0.6) is 0 Å². The predicted molar refractivity (Wildman–Crippen MR) is 119 cm³/mol. The first kappa shape index (κ1) is 20.0. The van der Waals surface area contributed by atoms with Crippen molar-refractivity contribution in [3.05, 3.63) is 47.5 Å². The van der Waals surface area contributed by atoms with Crippen LogP contribution in [0.25, 0.3) is 11.1 Å². The van der Waals surface area contributed by atoms with Crippen LogP contribution >= 0.6 is 11.6 Å². The molecule has 2 aromatic rings. The summed E-state index contributed by atoms with van der Waals surface area (Å²) in [5.74, 6) is -0.203. The number of piperazine rings is 1. The highest BCUT2D eigenvalue weighted by Gasteiger charge is 2.43. The van der Waals surface area contributed by atoms with Gasteiger partial charge < -0.3 is 10.2 Å². The van der Waals surface area contributed by atoms with Crippen LogP contribution in [0.1, 0.15) is 25.7 Å². The van der Waals surface area contributed by atoms with Crippen LogP contribution in [0.3, 0.4) is 0 Å². The number of amides is 4. The maximum atomic E-state index is 12.5. The Morgan fingerprint density at radius 3 is 2.42 bits per heavy atom. The largest absolute Gasteiger partial charge is 0.328 e. The van der Waals surface area contributed by atoms with Crippen LogP contribution in [0.15, 0.2) is 42.5 Å². The lowest BCUT2D eigenvalue weighted by Gasteiger charge is -2.49. The Bertz CT molecular complexity index is 1060. The monoisotopic (exact) mass is 438 g/mol. The van der Waals surface area contributed by atoms with Gasteiger partial charge in [0, 0.05) is 36.3 Å². The van der Waals surface area contributed by atoms with Gasteiger partial charge in [0.15, 0.2) is 0 Å². The third kappa shape index (κ3) is 3.58. The summed E-state index contributed by atoms with van der Waals surface area (Å²) in [7, 11) is 0. The molecule has 1 aliphatic carbocycles. The number of nitrogens with one attached hydrogen (secondary N) is 2. The molecule has 2 aliphatic heterocycles. The highest BCUT2D eigenvalue weighted by Crippen LogP contribution is 2.38. The second-order valence-corrected chi connectivity index (χ2v) is 8.79. The minimum atomic E-state index is -0.465. The normalized spacial score (nSPS) is 20.6. The van der Waals surface area contributed by atoms with Crippen molar-refractivity contribution in [2.75, 3.05) is 29.4 Å². The molecule has 1 spiro atoms. The van der Waals surface area contributed by atoms with Gasteiger partial charge in [-0.15, -0.1) is 0 Å². The van der Waals surface area contributed by atoms with E-state index in [0.29, 0.717) is 30.3 Å². The van der Waals surface area contributed by atoms with E-state index >= 15 is 0 Å². The molecule has 2 heterocycles. The lowest BCUT2D eigenvalue weighted by atomic mass is 9.75. The van der Waals surface area contributed by atoms with Crippen molar-refractivity contribution in [3.8, 4) is 11.1 Å². The standard InChI is InChI=1S/C23H23ClN4O3/c24-21-17(3-1-4-18(21)27-12-9-19(29)26-22(27)31)15-5-7-16(8-6-15)28-14-23(10-2-11-23)25-13-20(28)30/h1,3-8,25H,2,9-14H2,(H,26,29,31). The number of hydrogen-bond acceptors (Lipinski definition) is 4. The quantitative estimate of drug-likeness (QED) is 0.770. The number of hydrogen-bond donors (Lipinski definition) is 2. The zero-order valence-electron chi connectivity index (χ0n) is 17.0. The molecule has 160 valence electrons. The molecule has 3 aliphatic rings. The lowest BCUT2D eigenvalue weighted by molar-refractivity contribution is -0.121. The number of urea groups is 1. The second-order valence-electron chi connectivity index (χ2n) is 8.41. The minimum Gasteiger partial charge on any atom is -0.309 e. The fourth-order valence-corrected chi connectivity index (χ4v) is 4.88. The molecule has 7 nitrogen and oxygen atoms in total. The van der Waals surface area contributed by atoms with Gasteiger partial charge in [-0.05, 0) is 43.0 Å². The molecule has 31 heavy (non-hydrogen) atoms. The number of anilines is 2. The van der Waals surface area contributed by atoms with Gasteiger partial charge in [0.05, 0.1) is 17.3 Å². The van der Waals surface area contributed by atoms with Gasteiger partial charge in [-0.1, -0.05) is 35.9 Å². The minimum absolute atomic E-state index is 0.0701.